The summed E-state index contributed by atoms with van der Waals surface area (Å²) in [4.78, 5) is 1.94. The molecule has 0 spiro atoms. The van der Waals surface area contributed by atoms with Crippen LogP contribution in [0.3, 0.4) is 0 Å². The molecule has 0 saturated heterocycles. The summed E-state index contributed by atoms with van der Waals surface area (Å²) in [5.41, 5.74) is 8.36. The molecule has 2 aromatic rings. The number of nitrogens with two attached hydrogens (primary N) is 1. The molecular weight excluding hydrogens is 239 g/mol. The number of hydrogen-bond donors (Lipinski definition) is 1. The lowest BCUT2D eigenvalue weighted by molar-refractivity contribution is 0.619. The number of anilines is 1. The largest absolute Gasteiger partial charge is 0.368 e. The van der Waals surface area contributed by atoms with Crippen molar-refractivity contribution in [3.8, 4) is 0 Å². The van der Waals surface area contributed by atoms with Crippen LogP contribution < -0.4 is 10.6 Å². The van der Waals surface area contributed by atoms with Crippen molar-refractivity contribution < 1.29 is 4.39 Å². The third-order valence-electron chi connectivity index (χ3n) is 3.13. The molecule has 0 saturated carbocycles. The van der Waals surface area contributed by atoms with E-state index >= 15 is 0 Å². The molecule has 0 bridgehead atoms. The van der Waals surface area contributed by atoms with Crippen LogP contribution in [-0.2, 0) is 13.0 Å². The highest BCUT2D eigenvalue weighted by Gasteiger charge is 2.12. The zero-order valence-corrected chi connectivity index (χ0v) is 11.1. The van der Waals surface area contributed by atoms with Gasteiger partial charge in [0.25, 0.3) is 0 Å². The predicted octanol–water partition coefficient (Wildman–Crippen LogP) is 2.96. The van der Waals surface area contributed by atoms with Crippen molar-refractivity contribution in [2.24, 2.45) is 5.73 Å². The van der Waals surface area contributed by atoms with Gasteiger partial charge < -0.3 is 10.6 Å². The van der Waals surface area contributed by atoms with Crippen molar-refractivity contribution in [2.45, 2.75) is 13.0 Å². The highest BCUT2D eigenvalue weighted by molar-refractivity contribution is 5.54. The molecule has 2 rings (SSSR count). The van der Waals surface area contributed by atoms with Crippen molar-refractivity contribution in [2.75, 3.05) is 18.5 Å². The Hall–Kier alpha value is -1.87. The maximum atomic E-state index is 14.0. The molecule has 100 valence electrons. The molecule has 0 aliphatic carbocycles. The fourth-order valence-corrected chi connectivity index (χ4v) is 2.28. The van der Waals surface area contributed by atoms with Crippen LogP contribution >= 0.6 is 0 Å². The summed E-state index contributed by atoms with van der Waals surface area (Å²) in [6, 6.07) is 15.2. The highest BCUT2D eigenvalue weighted by Crippen LogP contribution is 2.25. The number of hydrogen-bond acceptors (Lipinski definition) is 2. The number of para-hydroxylation sites is 1. The van der Waals surface area contributed by atoms with Gasteiger partial charge in [0.1, 0.15) is 5.82 Å². The van der Waals surface area contributed by atoms with E-state index in [0.717, 1.165) is 11.1 Å². The van der Waals surface area contributed by atoms with Crippen LogP contribution in [0.15, 0.2) is 48.5 Å². The average Bonchev–Trinajstić information content (AvgIpc) is 2.40. The van der Waals surface area contributed by atoms with Gasteiger partial charge in [0.05, 0.1) is 5.69 Å². The van der Waals surface area contributed by atoms with Crippen LogP contribution in [0.5, 0.6) is 0 Å². The second-order valence-corrected chi connectivity index (χ2v) is 4.63. The van der Waals surface area contributed by atoms with Crippen LogP contribution in [0.25, 0.3) is 0 Å². The monoisotopic (exact) mass is 258 g/mol. The van der Waals surface area contributed by atoms with E-state index in [1.165, 1.54) is 6.07 Å². The molecule has 0 heterocycles. The predicted molar refractivity (Wildman–Crippen MR) is 77.7 cm³/mol. The highest BCUT2D eigenvalue weighted by atomic mass is 19.1. The van der Waals surface area contributed by atoms with Crippen LogP contribution in [-0.4, -0.2) is 13.6 Å². The van der Waals surface area contributed by atoms with Gasteiger partial charge in [-0.15, -0.1) is 0 Å². The van der Waals surface area contributed by atoms with Gasteiger partial charge in [-0.2, -0.15) is 0 Å². The molecule has 0 atom stereocenters. The molecule has 2 N–H and O–H groups in total. The summed E-state index contributed by atoms with van der Waals surface area (Å²) in [5.74, 6) is -0.190. The smallest absolute Gasteiger partial charge is 0.146 e. The van der Waals surface area contributed by atoms with Crippen molar-refractivity contribution in [1.82, 2.24) is 0 Å². The van der Waals surface area contributed by atoms with Crippen LogP contribution in [0, 0.1) is 5.82 Å². The maximum absolute atomic E-state index is 14.0. The van der Waals surface area contributed by atoms with E-state index in [2.05, 4.69) is 0 Å². The molecule has 0 aromatic heterocycles. The fraction of sp³-hybridized carbons (Fsp3) is 0.250. The SMILES string of the molecule is CN(Cc1ccccc1)c1c(F)cccc1CCN. The molecule has 0 aliphatic rings. The summed E-state index contributed by atoms with van der Waals surface area (Å²) in [6.45, 7) is 1.20. The third-order valence-corrected chi connectivity index (χ3v) is 3.13. The first kappa shape index (κ1) is 13.6. The van der Waals surface area contributed by atoms with E-state index in [0.29, 0.717) is 25.2 Å². The zero-order chi connectivity index (χ0) is 13.7. The number of nitrogens with zero attached hydrogens (tertiary/aromatic N) is 1. The lowest BCUT2D eigenvalue weighted by atomic mass is 10.1. The van der Waals surface area contributed by atoms with Gasteiger partial charge in [-0.1, -0.05) is 42.5 Å². The van der Waals surface area contributed by atoms with E-state index < -0.39 is 0 Å². The summed E-state index contributed by atoms with van der Waals surface area (Å²) in [5, 5.41) is 0. The summed E-state index contributed by atoms with van der Waals surface area (Å²) in [7, 11) is 1.91. The van der Waals surface area contributed by atoms with Crippen molar-refractivity contribution in [1.29, 1.82) is 0 Å². The van der Waals surface area contributed by atoms with E-state index in [9.17, 15) is 4.39 Å². The quantitative estimate of drug-likeness (QED) is 0.893. The Bertz CT molecular complexity index is 526. The molecule has 0 radical (unpaired) electrons. The van der Waals surface area contributed by atoms with Gasteiger partial charge in [-0.3, -0.25) is 0 Å². The Kier molecular flexibility index (Phi) is 4.53. The molecule has 0 amide bonds. The van der Waals surface area contributed by atoms with Crippen molar-refractivity contribution in [3.63, 3.8) is 0 Å². The molecule has 3 heteroatoms. The zero-order valence-electron chi connectivity index (χ0n) is 11.1. The molecule has 2 aromatic carbocycles. The van der Waals surface area contributed by atoms with Crippen molar-refractivity contribution in [3.05, 3.63) is 65.5 Å². The lowest BCUT2D eigenvalue weighted by Crippen LogP contribution is -2.20. The van der Waals surface area contributed by atoms with E-state index in [4.69, 9.17) is 5.73 Å². The molecule has 0 fully saturated rings. The van der Waals surface area contributed by atoms with Crippen LogP contribution in [0.2, 0.25) is 0 Å². The normalized spacial score (nSPS) is 10.5. The molecule has 0 unspecified atom stereocenters. The Morgan fingerprint density at radius 1 is 1.05 bits per heavy atom. The first-order valence-electron chi connectivity index (χ1n) is 6.45. The first-order chi connectivity index (χ1) is 9.22. The van der Waals surface area contributed by atoms with Gasteiger partial charge >= 0.3 is 0 Å². The minimum absolute atomic E-state index is 0.190. The van der Waals surface area contributed by atoms with Crippen LogP contribution in [0.1, 0.15) is 11.1 Å². The number of halogens is 1. The van der Waals surface area contributed by atoms with Gasteiger partial charge in [0.15, 0.2) is 0 Å². The van der Waals surface area contributed by atoms with Crippen LogP contribution in [0.4, 0.5) is 10.1 Å². The van der Waals surface area contributed by atoms with Crippen molar-refractivity contribution >= 4 is 5.69 Å². The van der Waals surface area contributed by atoms with E-state index in [1.807, 2.05) is 48.3 Å². The Morgan fingerprint density at radius 2 is 1.79 bits per heavy atom. The summed E-state index contributed by atoms with van der Waals surface area (Å²) >= 11 is 0. The van der Waals surface area contributed by atoms with Gasteiger partial charge in [-0.05, 0) is 30.2 Å². The molecule has 2 nitrogen and oxygen atoms in total. The second-order valence-electron chi connectivity index (χ2n) is 4.63. The lowest BCUT2D eigenvalue weighted by Gasteiger charge is -2.23. The standard InChI is InChI=1S/C16H19FN2/c1-19(12-13-6-3-2-4-7-13)16-14(10-11-18)8-5-9-15(16)17/h2-9H,10-12,18H2,1H3. The number of rotatable bonds is 5. The summed E-state index contributed by atoms with van der Waals surface area (Å²) in [6.07, 6.45) is 0.687. The minimum Gasteiger partial charge on any atom is -0.368 e. The van der Waals surface area contributed by atoms with Gasteiger partial charge in [0.2, 0.25) is 0 Å². The second kappa shape index (κ2) is 6.34. The Labute approximate surface area is 113 Å². The average molecular weight is 258 g/mol. The van der Waals surface area contributed by atoms with E-state index in [1.54, 1.807) is 6.07 Å². The first-order valence-corrected chi connectivity index (χ1v) is 6.45. The molecule has 19 heavy (non-hydrogen) atoms. The third kappa shape index (κ3) is 3.32. The summed E-state index contributed by atoms with van der Waals surface area (Å²) < 4.78 is 14.0. The minimum atomic E-state index is -0.190. The fourth-order valence-electron chi connectivity index (χ4n) is 2.28. The van der Waals surface area contributed by atoms with E-state index in [-0.39, 0.29) is 5.82 Å². The Morgan fingerprint density at radius 3 is 2.47 bits per heavy atom. The molecule has 0 aliphatic heterocycles. The maximum Gasteiger partial charge on any atom is 0.146 e. The Balaban J connectivity index is 2.25. The van der Waals surface area contributed by atoms with Gasteiger partial charge in [-0.25, -0.2) is 4.39 Å². The topological polar surface area (TPSA) is 29.3 Å². The van der Waals surface area contributed by atoms with Gasteiger partial charge in [0, 0.05) is 13.6 Å². The molecular formula is C16H19FN2. The number of benzene rings is 2.